The predicted octanol–water partition coefficient (Wildman–Crippen LogP) is 5.55. The number of para-hydroxylation sites is 1. The molecule has 0 unspecified atom stereocenters. The molecule has 2 heterocycles. The van der Waals surface area contributed by atoms with E-state index in [0.29, 0.717) is 23.4 Å². The van der Waals surface area contributed by atoms with Crippen LogP contribution in [0.15, 0.2) is 76.4 Å². The van der Waals surface area contributed by atoms with E-state index < -0.39 is 15.9 Å². The maximum absolute atomic E-state index is 13.7. The summed E-state index contributed by atoms with van der Waals surface area (Å²) in [6.07, 6.45) is 6.77. The van der Waals surface area contributed by atoms with E-state index in [1.54, 1.807) is 0 Å². The number of ether oxygens (including phenoxy) is 1. The molecule has 6 rings (SSSR count). The first-order valence-corrected chi connectivity index (χ1v) is 13.9. The van der Waals surface area contributed by atoms with Gasteiger partial charge < -0.3 is 14.5 Å². The molecule has 2 aliphatic carbocycles. The van der Waals surface area contributed by atoms with Crippen molar-refractivity contribution in [3.8, 4) is 17.3 Å². The zero-order valence-electron chi connectivity index (χ0n) is 20.7. The molecule has 0 spiro atoms. The van der Waals surface area contributed by atoms with Crippen molar-refractivity contribution in [2.45, 2.75) is 42.4 Å². The molecule has 10 heteroatoms. The summed E-state index contributed by atoms with van der Waals surface area (Å²) >= 11 is 0. The van der Waals surface area contributed by atoms with Gasteiger partial charge in [0.05, 0.1) is 24.7 Å². The third-order valence-corrected chi connectivity index (χ3v) is 8.06. The fourth-order valence-electron chi connectivity index (χ4n) is 4.50. The molecule has 2 saturated carbocycles. The number of methoxy groups -OCH3 is 1. The Hall–Kier alpha value is -4.18. The predicted molar refractivity (Wildman–Crippen MR) is 142 cm³/mol. The number of amides is 1. The van der Waals surface area contributed by atoms with Crippen molar-refractivity contribution in [1.29, 1.82) is 0 Å². The van der Waals surface area contributed by atoms with Gasteiger partial charge in [0.1, 0.15) is 6.26 Å². The van der Waals surface area contributed by atoms with E-state index in [9.17, 15) is 13.2 Å². The Morgan fingerprint density at radius 3 is 2.32 bits per heavy atom. The molecule has 0 radical (unpaired) electrons. The molecule has 9 nitrogen and oxygen atoms in total. The number of benzene rings is 2. The second kappa shape index (κ2) is 9.60. The van der Waals surface area contributed by atoms with E-state index in [2.05, 4.69) is 20.0 Å². The van der Waals surface area contributed by atoms with Gasteiger partial charge in [-0.15, -0.1) is 0 Å². The standard InChI is InChI=1S/C28H26N4O5S/c1-36-28-24(38(34,35)32-25-21(17-10-11-17)8-5-9-22(25)18-12-13-18)14-20(15-29-28)30-26(33)23-16-37-27(31-23)19-6-3-2-4-7-19/h2-9,14-18,32H,10-13H2,1H3,(H,30,33). The van der Waals surface area contributed by atoms with Gasteiger partial charge in [-0.3, -0.25) is 9.52 Å². The molecule has 2 fully saturated rings. The fourth-order valence-corrected chi connectivity index (χ4v) is 5.76. The first-order valence-electron chi connectivity index (χ1n) is 12.4. The third-order valence-electron chi connectivity index (χ3n) is 6.72. The largest absolute Gasteiger partial charge is 0.480 e. The molecule has 38 heavy (non-hydrogen) atoms. The fraction of sp³-hybridized carbons (Fsp3) is 0.250. The van der Waals surface area contributed by atoms with Gasteiger partial charge in [0.15, 0.2) is 10.6 Å². The normalized spacial score (nSPS) is 15.2. The van der Waals surface area contributed by atoms with Gasteiger partial charge in [-0.25, -0.2) is 18.4 Å². The molecular formula is C28H26N4O5S. The first kappa shape index (κ1) is 24.2. The number of oxazole rings is 1. The minimum Gasteiger partial charge on any atom is -0.480 e. The summed E-state index contributed by atoms with van der Waals surface area (Å²) in [4.78, 5) is 21.1. The molecule has 0 saturated heterocycles. The number of hydrogen-bond donors (Lipinski definition) is 2. The Balaban J connectivity index is 1.28. The zero-order chi connectivity index (χ0) is 26.3. The van der Waals surface area contributed by atoms with Crippen LogP contribution in [0, 0.1) is 0 Å². The van der Waals surface area contributed by atoms with Crippen LogP contribution in [0.5, 0.6) is 5.88 Å². The average Bonchev–Trinajstić information content (AvgIpc) is 3.87. The number of sulfonamides is 1. The number of carbonyl (C=O) groups excluding carboxylic acids is 1. The summed E-state index contributed by atoms with van der Waals surface area (Å²) in [5.74, 6) is 0.395. The summed E-state index contributed by atoms with van der Waals surface area (Å²) in [5, 5.41) is 2.66. The Labute approximate surface area is 220 Å². The summed E-state index contributed by atoms with van der Waals surface area (Å²) < 4.78 is 40.9. The first-order chi connectivity index (χ1) is 18.4. The molecule has 2 aliphatic rings. The van der Waals surface area contributed by atoms with Crippen LogP contribution < -0.4 is 14.8 Å². The number of carbonyl (C=O) groups is 1. The van der Waals surface area contributed by atoms with E-state index in [4.69, 9.17) is 9.15 Å². The van der Waals surface area contributed by atoms with E-state index in [1.807, 2.05) is 48.5 Å². The number of nitrogens with one attached hydrogen (secondary N) is 2. The van der Waals surface area contributed by atoms with Gasteiger partial charge in [-0.2, -0.15) is 0 Å². The molecule has 1 amide bonds. The van der Waals surface area contributed by atoms with Crippen molar-refractivity contribution in [1.82, 2.24) is 9.97 Å². The van der Waals surface area contributed by atoms with Crippen LogP contribution in [0.25, 0.3) is 11.5 Å². The van der Waals surface area contributed by atoms with E-state index in [-0.39, 0.29) is 22.2 Å². The number of anilines is 2. The smallest absolute Gasteiger partial charge is 0.277 e. The zero-order valence-corrected chi connectivity index (χ0v) is 21.5. The van der Waals surface area contributed by atoms with Gasteiger partial charge in [0, 0.05) is 5.56 Å². The average molecular weight is 531 g/mol. The summed E-state index contributed by atoms with van der Waals surface area (Å²) in [6, 6.07) is 16.5. The van der Waals surface area contributed by atoms with Gasteiger partial charge in [-0.1, -0.05) is 36.4 Å². The van der Waals surface area contributed by atoms with Crippen LogP contribution in [-0.2, 0) is 10.0 Å². The van der Waals surface area contributed by atoms with Crippen LogP contribution in [0.4, 0.5) is 11.4 Å². The molecule has 0 aliphatic heterocycles. The van der Waals surface area contributed by atoms with Crippen LogP contribution in [0.1, 0.15) is 59.1 Å². The number of aromatic nitrogens is 2. The van der Waals surface area contributed by atoms with Crippen LogP contribution in [0.2, 0.25) is 0 Å². The lowest BCUT2D eigenvalue weighted by atomic mass is 10.0. The Bertz CT molecular complexity index is 1580. The molecule has 0 bridgehead atoms. The molecule has 2 aromatic carbocycles. The minimum atomic E-state index is -4.09. The lowest BCUT2D eigenvalue weighted by molar-refractivity contribution is 0.102. The molecule has 0 atom stereocenters. The van der Waals surface area contributed by atoms with Crippen molar-refractivity contribution < 1.29 is 22.4 Å². The SMILES string of the molecule is COc1ncc(NC(=O)c2coc(-c3ccccc3)n2)cc1S(=O)(=O)Nc1c(C2CC2)cccc1C1CC1. The molecule has 2 N–H and O–H groups in total. The highest BCUT2D eigenvalue weighted by Crippen LogP contribution is 2.50. The van der Waals surface area contributed by atoms with Crippen LogP contribution >= 0.6 is 0 Å². The molecule has 194 valence electrons. The number of rotatable bonds is 9. The monoisotopic (exact) mass is 530 g/mol. The van der Waals surface area contributed by atoms with Crippen LogP contribution in [0.3, 0.4) is 0 Å². The Morgan fingerprint density at radius 2 is 1.68 bits per heavy atom. The summed E-state index contributed by atoms with van der Waals surface area (Å²) in [7, 11) is -2.74. The highest BCUT2D eigenvalue weighted by molar-refractivity contribution is 7.92. The molecule has 4 aromatic rings. The van der Waals surface area contributed by atoms with Crippen molar-refractivity contribution in [3.63, 3.8) is 0 Å². The quantitative estimate of drug-likeness (QED) is 0.291. The second-order valence-corrected chi connectivity index (χ2v) is 11.2. The van der Waals surface area contributed by atoms with Crippen molar-refractivity contribution >= 4 is 27.3 Å². The minimum absolute atomic E-state index is 0.0506. The maximum atomic E-state index is 13.7. The second-order valence-electron chi connectivity index (χ2n) is 9.55. The van der Waals surface area contributed by atoms with Gasteiger partial charge in [0.25, 0.3) is 15.9 Å². The Kier molecular flexibility index (Phi) is 6.11. The number of hydrogen-bond acceptors (Lipinski definition) is 7. The van der Waals surface area contributed by atoms with Gasteiger partial charge in [0.2, 0.25) is 11.8 Å². The summed E-state index contributed by atoms with van der Waals surface area (Å²) in [6.45, 7) is 0. The van der Waals surface area contributed by atoms with Crippen molar-refractivity contribution in [3.05, 3.63) is 83.9 Å². The highest BCUT2D eigenvalue weighted by Gasteiger charge is 2.34. The van der Waals surface area contributed by atoms with Gasteiger partial charge >= 0.3 is 0 Å². The van der Waals surface area contributed by atoms with E-state index >= 15 is 0 Å². The third kappa shape index (κ3) is 4.87. The van der Waals surface area contributed by atoms with Crippen molar-refractivity contribution in [2.75, 3.05) is 17.1 Å². The topological polar surface area (TPSA) is 123 Å². The lowest BCUT2D eigenvalue weighted by Crippen LogP contribution is -2.18. The lowest BCUT2D eigenvalue weighted by Gasteiger charge is -2.18. The number of pyridine rings is 1. The maximum Gasteiger partial charge on any atom is 0.277 e. The van der Waals surface area contributed by atoms with Gasteiger partial charge in [-0.05, 0) is 66.8 Å². The van der Waals surface area contributed by atoms with Crippen molar-refractivity contribution in [2.24, 2.45) is 0 Å². The van der Waals surface area contributed by atoms with E-state index in [0.717, 1.165) is 42.4 Å². The highest BCUT2D eigenvalue weighted by atomic mass is 32.2. The van der Waals surface area contributed by atoms with Crippen LogP contribution in [-0.4, -0.2) is 31.4 Å². The summed E-state index contributed by atoms with van der Waals surface area (Å²) in [5.41, 5.74) is 3.66. The molecular weight excluding hydrogens is 504 g/mol. The molecule has 2 aromatic heterocycles. The number of nitrogens with zero attached hydrogens (tertiary/aromatic N) is 2. The van der Waals surface area contributed by atoms with E-state index in [1.165, 1.54) is 25.6 Å². The Morgan fingerprint density at radius 1 is 1.00 bits per heavy atom.